The number of nitrogen functional groups attached to an aromatic ring is 1. The van der Waals surface area contributed by atoms with Crippen LogP contribution in [0.1, 0.15) is 0 Å². The summed E-state index contributed by atoms with van der Waals surface area (Å²) < 4.78 is 14.9. The number of pyridine rings is 1. The van der Waals surface area contributed by atoms with Gasteiger partial charge in [0.2, 0.25) is 11.9 Å². The molecule has 0 radical (unpaired) electrons. The van der Waals surface area contributed by atoms with Crippen molar-refractivity contribution in [3.05, 3.63) is 54.5 Å². The molecular weight excluding hydrogens is 259 g/mol. The van der Waals surface area contributed by atoms with E-state index in [4.69, 9.17) is 5.73 Å². The molecule has 0 bridgehead atoms. The van der Waals surface area contributed by atoms with Gasteiger partial charge < -0.3 is 11.1 Å². The van der Waals surface area contributed by atoms with Crippen LogP contribution >= 0.6 is 0 Å². The number of anilines is 3. The summed E-state index contributed by atoms with van der Waals surface area (Å²) >= 11 is 0. The van der Waals surface area contributed by atoms with Crippen molar-refractivity contribution in [3.8, 4) is 5.82 Å². The number of hydrogen-bond acceptors (Lipinski definition) is 5. The molecule has 0 saturated carbocycles. The molecule has 6 nitrogen and oxygen atoms in total. The van der Waals surface area contributed by atoms with Crippen LogP contribution in [0.25, 0.3) is 5.82 Å². The number of benzene rings is 1. The third-order valence-electron chi connectivity index (χ3n) is 2.62. The minimum absolute atomic E-state index is 0.169. The van der Waals surface area contributed by atoms with E-state index in [1.165, 1.54) is 10.7 Å². The normalized spacial score (nSPS) is 10.4. The van der Waals surface area contributed by atoms with E-state index in [1.807, 2.05) is 6.07 Å². The molecule has 20 heavy (non-hydrogen) atoms. The second-order valence-corrected chi connectivity index (χ2v) is 4.00. The van der Waals surface area contributed by atoms with Crippen molar-refractivity contribution >= 4 is 17.6 Å². The summed E-state index contributed by atoms with van der Waals surface area (Å²) in [6.07, 6.45) is 1.63. The van der Waals surface area contributed by atoms with Crippen LogP contribution in [0.15, 0.2) is 48.7 Å². The first-order valence-electron chi connectivity index (χ1n) is 5.89. The predicted molar refractivity (Wildman–Crippen MR) is 73.2 cm³/mol. The molecule has 0 atom stereocenters. The quantitative estimate of drug-likeness (QED) is 0.762. The zero-order valence-electron chi connectivity index (χ0n) is 10.4. The monoisotopic (exact) mass is 270 g/mol. The molecule has 3 N–H and O–H groups in total. The number of nitrogens with zero attached hydrogens (tertiary/aromatic N) is 4. The predicted octanol–water partition coefficient (Wildman–Crippen LogP) is 2.13. The lowest BCUT2D eigenvalue weighted by Crippen LogP contribution is -2.04. The molecule has 2 aromatic heterocycles. The first kappa shape index (κ1) is 12.1. The number of halogens is 1. The average molecular weight is 270 g/mol. The molecule has 100 valence electrons. The Bertz CT molecular complexity index is 725. The molecule has 3 aromatic rings. The van der Waals surface area contributed by atoms with Gasteiger partial charge in [-0.25, -0.2) is 9.37 Å². The van der Waals surface area contributed by atoms with Gasteiger partial charge in [0.25, 0.3) is 0 Å². The first-order valence-corrected chi connectivity index (χ1v) is 5.89. The summed E-state index contributed by atoms with van der Waals surface area (Å²) in [5.41, 5.74) is 6.06. The summed E-state index contributed by atoms with van der Waals surface area (Å²) in [5.74, 6) is 0.528. The molecule has 0 aliphatic carbocycles. The van der Waals surface area contributed by atoms with Crippen molar-refractivity contribution < 1.29 is 4.39 Å². The van der Waals surface area contributed by atoms with Gasteiger partial charge in [-0.15, -0.1) is 5.10 Å². The van der Waals surface area contributed by atoms with Gasteiger partial charge >= 0.3 is 0 Å². The zero-order chi connectivity index (χ0) is 13.9. The SMILES string of the molecule is Nc1nc(Nc2ccccc2F)nn1-c1ccccn1. The zero-order valence-corrected chi connectivity index (χ0v) is 10.4. The van der Waals surface area contributed by atoms with Crippen LogP contribution in [-0.4, -0.2) is 19.7 Å². The topological polar surface area (TPSA) is 81.6 Å². The van der Waals surface area contributed by atoms with E-state index in [9.17, 15) is 4.39 Å². The summed E-state index contributed by atoms with van der Waals surface area (Å²) in [5, 5.41) is 6.93. The summed E-state index contributed by atoms with van der Waals surface area (Å²) in [6.45, 7) is 0. The Morgan fingerprint density at radius 3 is 2.65 bits per heavy atom. The van der Waals surface area contributed by atoms with E-state index in [0.717, 1.165) is 0 Å². The smallest absolute Gasteiger partial charge is 0.248 e. The van der Waals surface area contributed by atoms with Crippen LogP contribution in [-0.2, 0) is 0 Å². The molecular formula is C13H11FN6. The Kier molecular flexibility index (Phi) is 3.00. The maximum Gasteiger partial charge on any atom is 0.248 e. The van der Waals surface area contributed by atoms with Gasteiger partial charge in [0.05, 0.1) is 5.69 Å². The van der Waals surface area contributed by atoms with Gasteiger partial charge in [-0.05, 0) is 24.3 Å². The molecule has 0 amide bonds. The third-order valence-corrected chi connectivity index (χ3v) is 2.62. The van der Waals surface area contributed by atoms with E-state index in [2.05, 4.69) is 20.4 Å². The van der Waals surface area contributed by atoms with E-state index < -0.39 is 0 Å². The number of nitrogens with one attached hydrogen (secondary N) is 1. The molecule has 0 unspecified atom stereocenters. The fourth-order valence-corrected chi connectivity index (χ4v) is 1.71. The van der Waals surface area contributed by atoms with Crippen LogP contribution in [0, 0.1) is 5.82 Å². The van der Waals surface area contributed by atoms with Crippen molar-refractivity contribution in [1.29, 1.82) is 0 Å². The van der Waals surface area contributed by atoms with Gasteiger partial charge in [-0.3, -0.25) is 0 Å². The van der Waals surface area contributed by atoms with Crippen LogP contribution < -0.4 is 11.1 Å². The highest BCUT2D eigenvalue weighted by Crippen LogP contribution is 2.18. The van der Waals surface area contributed by atoms with Crippen LogP contribution in [0.2, 0.25) is 0 Å². The fraction of sp³-hybridized carbons (Fsp3) is 0. The number of para-hydroxylation sites is 1. The molecule has 0 aliphatic rings. The standard InChI is InChI=1S/C13H11FN6/c14-9-5-1-2-6-10(9)17-13-18-12(15)20(19-13)11-7-3-4-8-16-11/h1-8H,(H3,15,17,18,19). The molecule has 3 rings (SSSR count). The van der Waals surface area contributed by atoms with E-state index in [-0.39, 0.29) is 23.4 Å². The van der Waals surface area contributed by atoms with Crippen molar-refractivity contribution in [2.75, 3.05) is 11.1 Å². The molecule has 1 aromatic carbocycles. The Morgan fingerprint density at radius 1 is 1.10 bits per heavy atom. The molecule has 0 fully saturated rings. The first-order chi connectivity index (χ1) is 9.74. The van der Waals surface area contributed by atoms with Crippen molar-refractivity contribution in [2.45, 2.75) is 0 Å². The summed E-state index contributed by atoms with van der Waals surface area (Å²) in [6, 6.07) is 11.6. The van der Waals surface area contributed by atoms with E-state index in [1.54, 1.807) is 36.5 Å². The average Bonchev–Trinajstić information content (AvgIpc) is 2.83. The Labute approximate surface area is 114 Å². The Hall–Kier alpha value is -2.96. The summed E-state index contributed by atoms with van der Waals surface area (Å²) in [4.78, 5) is 8.16. The van der Waals surface area contributed by atoms with Crippen LogP contribution in [0.5, 0.6) is 0 Å². The lowest BCUT2D eigenvalue weighted by atomic mass is 10.3. The second-order valence-electron chi connectivity index (χ2n) is 4.00. The van der Waals surface area contributed by atoms with E-state index >= 15 is 0 Å². The highest BCUT2D eigenvalue weighted by molar-refractivity contribution is 5.55. The number of rotatable bonds is 3. The van der Waals surface area contributed by atoms with Gasteiger partial charge in [0.1, 0.15) is 5.82 Å². The lowest BCUT2D eigenvalue weighted by molar-refractivity contribution is 0.631. The largest absolute Gasteiger partial charge is 0.368 e. The lowest BCUT2D eigenvalue weighted by Gasteiger charge is -2.02. The highest BCUT2D eigenvalue weighted by Gasteiger charge is 2.10. The molecule has 0 saturated heterocycles. The van der Waals surface area contributed by atoms with Crippen molar-refractivity contribution in [3.63, 3.8) is 0 Å². The van der Waals surface area contributed by atoms with Crippen molar-refractivity contribution in [1.82, 2.24) is 19.7 Å². The second kappa shape index (κ2) is 4.96. The van der Waals surface area contributed by atoms with Gasteiger partial charge in [0, 0.05) is 6.20 Å². The Morgan fingerprint density at radius 2 is 1.90 bits per heavy atom. The van der Waals surface area contributed by atoms with Crippen LogP contribution in [0.4, 0.5) is 22.0 Å². The number of aromatic nitrogens is 4. The van der Waals surface area contributed by atoms with Crippen molar-refractivity contribution in [2.24, 2.45) is 0 Å². The minimum atomic E-state index is -0.389. The van der Waals surface area contributed by atoms with Gasteiger partial charge in [0.15, 0.2) is 5.82 Å². The Balaban J connectivity index is 1.92. The molecule has 0 aliphatic heterocycles. The third kappa shape index (κ3) is 2.28. The summed E-state index contributed by atoms with van der Waals surface area (Å²) in [7, 11) is 0. The fourth-order valence-electron chi connectivity index (χ4n) is 1.71. The number of nitrogens with two attached hydrogens (primary N) is 1. The van der Waals surface area contributed by atoms with Gasteiger partial charge in [-0.1, -0.05) is 18.2 Å². The van der Waals surface area contributed by atoms with Gasteiger partial charge in [-0.2, -0.15) is 9.67 Å². The maximum atomic E-state index is 13.5. The number of hydrogen-bond donors (Lipinski definition) is 2. The molecule has 0 spiro atoms. The van der Waals surface area contributed by atoms with E-state index in [0.29, 0.717) is 5.82 Å². The molecule has 2 heterocycles. The molecule has 7 heteroatoms. The maximum absolute atomic E-state index is 13.5. The van der Waals surface area contributed by atoms with Crippen LogP contribution in [0.3, 0.4) is 0 Å². The minimum Gasteiger partial charge on any atom is -0.368 e. The highest BCUT2D eigenvalue weighted by atomic mass is 19.1.